The lowest BCUT2D eigenvalue weighted by molar-refractivity contribution is -0.153. The van der Waals surface area contributed by atoms with Crippen molar-refractivity contribution in [3.05, 3.63) is 23.8 Å². The summed E-state index contributed by atoms with van der Waals surface area (Å²) in [5.74, 6) is 0.139. The molecule has 1 aromatic carbocycles. The molecule has 1 fully saturated rings. The number of rotatable bonds is 8. The van der Waals surface area contributed by atoms with Crippen LogP contribution in [0.5, 0.6) is 11.5 Å². The Bertz CT molecular complexity index is 572. The SMILES string of the molecule is COc1cc(CCC(=O)NCC2CCCO2)ccc1OCC(F)(F)F. The first-order chi connectivity index (χ1) is 11.9. The zero-order valence-corrected chi connectivity index (χ0v) is 14.0. The molecular weight excluding hydrogens is 339 g/mol. The fourth-order valence-corrected chi connectivity index (χ4v) is 2.53. The van der Waals surface area contributed by atoms with Crippen molar-refractivity contribution in [2.45, 2.75) is 38.0 Å². The van der Waals surface area contributed by atoms with E-state index in [-0.39, 0.29) is 29.9 Å². The van der Waals surface area contributed by atoms with Crippen LogP contribution in [0, 0.1) is 0 Å². The summed E-state index contributed by atoms with van der Waals surface area (Å²) in [5.41, 5.74) is 0.781. The van der Waals surface area contributed by atoms with Gasteiger partial charge < -0.3 is 19.5 Å². The zero-order valence-electron chi connectivity index (χ0n) is 14.0. The lowest BCUT2D eigenvalue weighted by atomic mass is 10.1. The molecule has 25 heavy (non-hydrogen) atoms. The van der Waals surface area contributed by atoms with Crippen LogP contribution in [0.4, 0.5) is 13.2 Å². The number of alkyl halides is 3. The van der Waals surface area contributed by atoms with E-state index in [4.69, 9.17) is 14.2 Å². The predicted octanol–water partition coefficient (Wildman–Crippen LogP) is 2.86. The highest BCUT2D eigenvalue weighted by Crippen LogP contribution is 2.30. The van der Waals surface area contributed by atoms with Crippen molar-refractivity contribution in [1.82, 2.24) is 5.32 Å². The fourth-order valence-electron chi connectivity index (χ4n) is 2.53. The van der Waals surface area contributed by atoms with Crippen LogP contribution in [0.1, 0.15) is 24.8 Å². The average Bonchev–Trinajstić information content (AvgIpc) is 3.09. The number of benzene rings is 1. The van der Waals surface area contributed by atoms with Gasteiger partial charge in [0, 0.05) is 19.6 Å². The second kappa shape index (κ2) is 8.94. The minimum absolute atomic E-state index is 0.0198. The van der Waals surface area contributed by atoms with Gasteiger partial charge in [-0.3, -0.25) is 4.79 Å². The van der Waals surface area contributed by atoms with Gasteiger partial charge >= 0.3 is 6.18 Å². The standard InChI is InChI=1S/C17H22F3NO4/c1-23-15-9-12(4-6-14(15)25-11-17(18,19)20)5-7-16(22)21-10-13-3-2-8-24-13/h4,6,9,13H,2-3,5,7-8,10-11H2,1H3,(H,21,22). The molecule has 0 aromatic heterocycles. The van der Waals surface area contributed by atoms with E-state index in [1.165, 1.54) is 13.2 Å². The van der Waals surface area contributed by atoms with Crippen LogP contribution in [-0.2, 0) is 16.0 Å². The maximum atomic E-state index is 12.2. The fraction of sp³-hybridized carbons (Fsp3) is 0.588. The van der Waals surface area contributed by atoms with Crippen LogP contribution in [0.15, 0.2) is 18.2 Å². The van der Waals surface area contributed by atoms with Crippen molar-refractivity contribution < 1.29 is 32.2 Å². The number of amides is 1. The Morgan fingerprint density at radius 1 is 1.36 bits per heavy atom. The van der Waals surface area contributed by atoms with E-state index < -0.39 is 12.8 Å². The Balaban J connectivity index is 1.81. The summed E-state index contributed by atoms with van der Waals surface area (Å²) in [6, 6.07) is 4.63. The molecule has 5 nitrogen and oxygen atoms in total. The van der Waals surface area contributed by atoms with Crippen molar-refractivity contribution in [3.8, 4) is 11.5 Å². The maximum absolute atomic E-state index is 12.2. The molecule has 8 heteroatoms. The first-order valence-electron chi connectivity index (χ1n) is 8.12. The number of carbonyl (C=O) groups excluding carboxylic acids is 1. The largest absolute Gasteiger partial charge is 0.493 e. The van der Waals surface area contributed by atoms with Crippen LogP contribution >= 0.6 is 0 Å². The summed E-state index contributed by atoms with van der Waals surface area (Å²) in [6.07, 6.45) is -1.62. The third-order valence-corrected chi connectivity index (χ3v) is 3.81. The Morgan fingerprint density at radius 3 is 2.80 bits per heavy atom. The van der Waals surface area contributed by atoms with Crippen molar-refractivity contribution in [1.29, 1.82) is 0 Å². The smallest absolute Gasteiger partial charge is 0.422 e. The third-order valence-electron chi connectivity index (χ3n) is 3.81. The van der Waals surface area contributed by atoms with Gasteiger partial charge in [0.25, 0.3) is 0 Å². The van der Waals surface area contributed by atoms with Crippen molar-refractivity contribution >= 4 is 5.91 Å². The number of hydrogen-bond acceptors (Lipinski definition) is 4. The molecule has 1 N–H and O–H groups in total. The van der Waals surface area contributed by atoms with Gasteiger partial charge in [-0.25, -0.2) is 0 Å². The van der Waals surface area contributed by atoms with Crippen LogP contribution in [0.3, 0.4) is 0 Å². The molecule has 0 spiro atoms. The summed E-state index contributed by atoms with van der Waals surface area (Å²) in [7, 11) is 1.36. The highest BCUT2D eigenvalue weighted by atomic mass is 19.4. The van der Waals surface area contributed by atoms with Crippen LogP contribution in [0.25, 0.3) is 0 Å². The topological polar surface area (TPSA) is 56.8 Å². The molecular formula is C17H22F3NO4. The van der Waals surface area contributed by atoms with E-state index in [0.29, 0.717) is 13.0 Å². The van der Waals surface area contributed by atoms with Gasteiger partial charge in [0.1, 0.15) is 0 Å². The van der Waals surface area contributed by atoms with Gasteiger partial charge in [0.15, 0.2) is 18.1 Å². The molecule has 0 aliphatic carbocycles. The minimum atomic E-state index is -4.41. The van der Waals surface area contributed by atoms with E-state index in [1.807, 2.05) is 0 Å². The Morgan fingerprint density at radius 2 is 2.16 bits per heavy atom. The molecule has 1 atom stereocenters. The summed E-state index contributed by atoms with van der Waals surface area (Å²) < 4.78 is 51.9. The second-order valence-electron chi connectivity index (χ2n) is 5.83. The van der Waals surface area contributed by atoms with Crippen molar-refractivity contribution in [2.75, 3.05) is 26.9 Å². The van der Waals surface area contributed by atoms with E-state index in [9.17, 15) is 18.0 Å². The molecule has 0 bridgehead atoms. The number of aryl methyl sites for hydroxylation is 1. The first-order valence-corrected chi connectivity index (χ1v) is 8.12. The molecule has 1 saturated heterocycles. The highest BCUT2D eigenvalue weighted by molar-refractivity contribution is 5.76. The second-order valence-corrected chi connectivity index (χ2v) is 5.83. The molecule has 1 heterocycles. The number of hydrogen-bond donors (Lipinski definition) is 1. The van der Waals surface area contributed by atoms with E-state index >= 15 is 0 Å². The lowest BCUT2D eigenvalue weighted by Crippen LogP contribution is -2.31. The van der Waals surface area contributed by atoms with Gasteiger partial charge in [0.05, 0.1) is 13.2 Å². The lowest BCUT2D eigenvalue weighted by Gasteiger charge is -2.14. The third kappa shape index (κ3) is 6.81. The van der Waals surface area contributed by atoms with Gasteiger partial charge in [0.2, 0.25) is 5.91 Å². The quantitative estimate of drug-likeness (QED) is 0.774. The molecule has 140 valence electrons. The zero-order chi connectivity index (χ0) is 18.3. The first kappa shape index (κ1) is 19.4. The number of halogens is 3. The molecule has 1 amide bonds. The monoisotopic (exact) mass is 361 g/mol. The van der Waals surface area contributed by atoms with Crippen LogP contribution in [0.2, 0.25) is 0 Å². The van der Waals surface area contributed by atoms with Crippen molar-refractivity contribution in [2.24, 2.45) is 0 Å². The van der Waals surface area contributed by atoms with Gasteiger partial charge in [-0.2, -0.15) is 13.2 Å². The summed E-state index contributed by atoms with van der Waals surface area (Å²) >= 11 is 0. The van der Waals surface area contributed by atoms with E-state index in [2.05, 4.69) is 5.32 Å². The number of ether oxygens (including phenoxy) is 3. The van der Waals surface area contributed by atoms with Gasteiger partial charge in [-0.15, -0.1) is 0 Å². The molecule has 1 unspecified atom stereocenters. The Hall–Kier alpha value is -1.96. The summed E-state index contributed by atoms with van der Waals surface area (Å²) in [5, 5.41) is 2.83. The van der Waals surface area contributed by atoms with Gasteiger partial charge in [-0.05, 0) is 37.0 Å². The van der Waals surface area contributed by atoms with Crippen LogP contribution < -0.4 is 14.8 Å². The molecule has 0 radical (unpaired) electrons. The number of nitrogens with one attached hydrogen (secondary N) is 1. The predicted molar refractivity (Wildman–Crippen MR) is 84.8 cm³/mol. The van der Waals surface area contributed by atoms with Crippen molar-refractivity contribution in [3.63, 3.8) is 0 Å². The average molecular weight is 361 g/mol. The molecule has 1 aliphatic heterocycles. The summed E-state index contributed by atoms with van der Waals surface area (Å²) in [6.45, 7) is -0.135. The maximum Gasteiger partial charge on any atom is 0.422 e. The molecule has 1 aromatic rings. The molecule has 0 saturated carbocycles. The van der Waals surface area contributed by atoms with Crippen LogP contribution in [-0.4, -0.2) is 45.1 Å². The molecule has 2 rings (SSSR count). The van der Waals surface area contributed by atoms with E-state index in [1.54, 1.807) is 12.1 Å². The summed E-state index contributed by atoms with van der Waals surface area (Å²) in [4.78, 5) is 11.9. The minimum Gasteiger partial charge on any atom is -0.493 e. The molecule has 1 aliphatic rings. The van der Waals surface area contributed by atoms with Gasteiger partial charge in [-0.1, -0.05) is 6.07 Å². The van der Waals surface area contributed by atoms with E-state index in [0.717, 1.165) is 25.0 Å². The Labute approximate surface area is 144 Å². The number of methoxy groups -OCH3 is 1. The Kier molecular flexibility index (Phi) is 6.92. The normalized spacial score (nSPS) is 17.4. The highest BCUT2D eigenvalue weighted by Gasteiger charge is 2.29. The number of carbonyl (C=O) groups is 1.